The Labute approximate surface area is 94.7 Å². The molecule has 0 amide bonds. The van der Waals surface area contributed by atoms with Gasteiger partial charge in [0.25, 0.3) is 0 Å². The average Bonchev–Trinajstić information content (AvgIpc) is 2.14. The summed E-state index contributed by atoms with van der Waals surface area (Å²) in [4.78, 5) is 0. The van der Waals surface area contributed by atoms with E-state index in [9.17, 15) is 0 Å². The molecule has 0 aliphatic carbocycles. The summed E-state index contributed by atoms with van der Waals surface area (Å²) >= 11 is 12.0. The number of nitrogens with one attached hydrogen (secondary N) is 1. The molecule has 0 saturated carbocycles. The third-order valence-electron chi connectivity index (χ3n) is 1.89. The Morgan fingerprint density at radius 2 is 2.00 bits per heavy atom. The largest absolute Gasteiger partial charge is 0.380 e. The van der Waals surface area contributed by atoms with Gasteiger partial charge in [0.05, 0.1) is 10.7 Å². The van der Waals surface area contributed by atoms with E-state index in [-0.39, 0.29) is 0 Å². The van der Waals surface area contributed by atoms with Gasteiger partial charge < -0.3 is 5.32 Å². The van der Waals surface area contributed by atoms with Crippen LogP contribution in [0.1, 0.15) is 12.5 Å². The minimum Gasteiger partial charge on any atom is -0.380 e. The fourth-order valence-electron chi connectivity index (χ4n) is 1.07. The van der Waals surface area contributed by atoms with Crippen molar-refractivity contribution in [2.24, 2.45) is 0 Å². The molecule has 0 aromatic heterocycles. The molecule has 1 rings (SSSR count). The van der Waals surface area contributed by atoms with E-state index in [1.807, 2.05) is 38.1 Å². The molecule has 0 fully saturated rings. The van der Waals surface area contributed by atoms with Crippen molar-refractivity contribution in [2.75, 3.05) is 11.9 Å². The van der Waals surface area contributed by atoms with Gasteiger partial charge in [0.2, 0.25) is 0 Å². The van der Waals surface area contributed by atoms with Crippen LogP contribution in [-0.2, 0) is 0 Å². The predicted octanol–water partition coefficient (Wildman–Crippen LogP) is 4.29. The van der Waals surface area contributed by atoms with Crippen LogP contribution in [0, 0.1) is 6.92 Å². The van der Waals surface area contributed by atoms with Gasteiger partial charge in [-0.05, 0) is 31.5 Å². The number of anilines is 1. The lowest BCUT2D eigenvalue weighted by atomic mass is 10.2. The molecule has 1 aromatic carbocycles. The van der Waals surface area contributed by atoms with E-state index in [0.717, 1.165) is 22.8 Å². The van der Waals surface area contributed by atoms with Crippen LogP contribution >= 0.6 is 23.2 Å². The van der Waals surface area contributed by atoms with Gasteiger partial charge in [-0.3, -0.25) is 0 Å². The summed E-state index contributed by atoms with van der Waals surface area (Å²) in [5.41, 5.74) is 1.87. The highest BCUT2D eigenvalue weighted by molar-refractivity contribution is 6.35. The Kier molecular flexibility index (Phi) is 4.30. The molecule has 1 aromatic rings. The molecule has 0 heterocycles. The van der Waals surface area contributed by atoms with Crippen LogP contribution in [0.4, 0.5) is 5.69 Å². The number of allylic oxidation sites excluding steroid dienone is 1. The van der Waals surface area contributed by atoms with Crippen molar-refractivity contribution in [3.05, 3.63) is 39.9 Å². The molecule has 0 aliphatic rings. The maximum atomic E-state index is 6.04. The molecule has 1 nitrogen and oxygen atoms in total. The molecule has 0 aliphatic heterocycles. The molecular formula is C11H13Cl2N. The van der Waals surface area contributed by atoms with Gasteiger partial charge >= 0.3 is 0 Å². The summed E-state index contributed by atoms with van der Waals surface area (Å²) < 4.78 is 0. The molecule has 0 atom stereocenters. The van der Waals surface area contributed by atoms with Gasteiger partial charge in [0.1, 0.15) is 0 Å². The number of hydrogen-bond acceptors (Lipinski definition) is 1. The van der Waals surface area contributed by atoms with Crippen LogP contribution in [0.25, 0.3) is 0 Å². The Bertz CT molecular complexity index is 345. The molecule has 0 saturated heterocycles. The molecule has 0 unspecified atom stereocenters. The van der Waals surface area contributed by atoms with E-state index in [2.05, 4.69) is 5.32 Å². The summed E-state index contributed by atoms with van der Waals surface area (Å²) in [5, 5.41) is 4.62. The van der Waals surface area contributed by atoms with Crippen LogP contribution in [-0.4, -0.2) is 6.54 Å². The van der Waals surface area contributed by atoms with Gasteiger partial charge in [0.15, 0.2) is 0 Å². The summed E-state index contributed by atoms with van der Waals surface area (Å²) in [6.45, 7) is 4.67. The van der Waals surface area contributed by atoms with Crippen LogP contribution < -0.4 is 5.32 Å². The molecule has 14 heavy (non-hydrogen) atoms. The zero-order valence-electron chi connectivity index (χ0n) is 8.27. The highest BCUT2D eigenvalue weighted by atomic mass is 35.5. The van der Waals surface area contributed by atoms with Gasteiger partial charge in [-0.25, -0.2) is 0 Å². The lowest BCUT2D eigenvalue weighted by molar-refractivity contribution is 1.32. The first-order valence-corrected chi connectivity index (χ1v) is 5.21. The van der Waals surface area contributed by atoms with Crippen molar-refractivity contribution in [2.45, 2.75) is 13.8 Å². The van der Waals surface area contributed by atoms with Gasteiger partial charge in [0, 0.05) is 11.6 Å². The van der Waals surface area contributed by atoms with Crippen molar-refractivity contribution in [3.63, 3.8) is 0 Å². The summed E-state index contributed by atoms with van der Waals surface area (Å²) in [5.74, 6) is 0. The topological polar surface area (TPSA) is 12.0 Å². The Morgan fingerprint density at radius 1 is 1.29 bits per heavy atom. The number of halogens is 2. The van der Waals surface area contributed by atoms with E-state index >= 15 is 0 Å². The highest BCUT2D eigenvalue weighted by Gasteiger charge is 2.02. The minimum absolute atomic E-state index is 0.705. The zero-order chi connectivity index (χ0) is 10.6. The standard InChI is InChI=1S/C11H13Cl2N/c1-3-4-5-14-11-7-9(12)8(2)6-10(11)13/h3-4,6-7,14H,5H2,1-2H3/b4-3+. The number of rotatable bonds is 3. The fourth-order valence-corrected chi connectivity index (χ4v) is 1.52. The molecule has 76 valence electrons. The van der Waals surface area contributed by atoms with E-state index in [1.54, 1.807) is 0 Å². The fraction of sp³-hybridized carbons (Fsp3) is 0.273. The lowest BCUT2D eigenvalue weighted by Gasteiger charge is -2.08. The zero-order valence-corrected chi connectivity index (χ0v) is 9.78. The van der Waals surface area contributed by atoms with Crippen molar-refractivity contribution in [1.82, 2.24) is 0 Å². The highest BCUT2D eigenvalue weighted by Crippen LogP contribution is 2.28. The third kappa shape index (κ3) is 2.93. The second kappa shape index (κ2) is 5.28. The third-order valence-corrected chi connectivity index (χ3v) is 2.61. The minimum atomic E-state index is 0.705. The first-order valence-electron chi connectivity index (χ1n) is 4.46. The second-order valence-electron chi connectivity index (χ2n) is 3.03. The maximum absolute atomic E-state index is 6.04. The monoisotopic (exact) mass is 229 g/mol. The Balaban J connectivity index is 2.81. The van der Waals surface area contributed by atoms with Crippen molar-refractivity contribution in [1.29, 1.82) is 0 Å². The van der Waals surface area contributed by atoms with E-state index < -0.39 is 0 Å². The van der Waals surface area contributed by atoms with Crippen LogP contribution in [0.3, 0.4) is 0 Å². The van der Waals surface area contributed by atoms with Crippen LogP contribution in [0.2, 0.25) is 10.0 Å². The average molecular weight is 230 g/mol. The van der Waals surface area contributed by atoms with Gasteiger partial charge in [-0.1, -0.05) is 35.4 Å². The van der Waals surface area contributed by atoms with Gasteiger partial charge in [-0.15, -0.1) is 0 Å². The van der Waals surface area contributed by atoms with E-state index in [4.69, 9.17) is 23.2 Å². The summed E-state index contributed by atoms with van der Waals surface area (Å²) in [6, 6.07) is 3.71. The Hall–Kier alpha value is -0.660. The van der Waals surface area contributed by atoms with E-state index in [0.29, 0.717) is 5.02 Å². The normalized spacial score (nSPS) is 10.9. The maximum Gasteiger partial charge on any atom is 0.0641 e. The second-order valence-corrected chi connectivity index (χ2v) is 3.85. The van der Waals surface area contributed by atoms with Crippen LogP contribution in [0.5, 0.6) is 0 Å². The lowest BCUT2D eigenvalue weighted by Crippen LogP contribution is -1.98. The molecule has 3 heteroatoms. The first-order chi connectivity index (χ1) is 6.65. The van der Waals surface area contributed by atoms with Gasteiger partial charge in [-0.2, -0.15) is 0 Å². The summed E-state index contributed by atoms with van der Waals surface area (Å²) in [7, 11) is 0. The molecular weight excluding hydrogens is 217 g/mol. The molecule has 1 N–H and O–H groups in total. The molecule has 0 radical (unpaired) electrons. The Morgan fingerprint density at radius 3 is 2.64 bits per heavy atom. The molecule has 0 spiro atoms. The van der Waals surface area contributed by atoms with Crippen molar-refractivity contribution >= 4 is 28.9 Å². The quantitative estimate of drug-likeness (QED) is 0.763. The molecule has 0 bridgehead atoms. The predicted molar refractivity (Wildman–Crippen MR) is 64.5 cm³/mol. The van der Waals surface area contributed by atoms with Crippen molar-refractivity contribution < 1.29 is 0 Å². The van der Waals surface area contributed by atoms with Crippen LogP contribution in [0.15, 0.2) is 24.3 Å². The number of hydrogen-bond donors (Lipinski definition) is 1. The number of benzene rings is 1. The number of aryl methyl sites for hydroxylation is 1. The summed E-state index contributed by atoms with van der Waals surface area (Å²) in [6.07, 6.45) is 4.00. The first kappa shape index (κ1) is 11.4. The van der Waals surface area contributed by atoms with E-state index in [1.165, 1.54) is 0 Å². The van der Waals surface area contributed by atoms with Crippen molar-refractivity contribution in [3.8, 4) is 0 Å². The smallest absolute Gasteiger partial charge is 0.0641 e. The SMILES string of the molecule is C/C=C/CNc1cc(Cl)c(C)cc1Cl.